The maximum absolute atomic E-state index is 12.0. The molecular formula is C18H24O4S. The van der Waals surface area contributed by atoms with E-state index in [4.69, 9.17) is 8.92 Å². The van der Waals surface area contributed by atoms with E-state index in [1.165, 1.54) is 16.7 Å². The number of hydrogen-bond acceptors (Lipinski definition) is 4. The fourth-order valence-corrected chi connectivity index (χ4v) is 3.22. The van der Waals surface area contributed by atoms with Gasteiger partial charge in [-0.1, -0.05) is 34.9 Å². The van der Waals surface area contributed by atoms with Crippen LogP contribution in [0, 0.1) is 6.92 Å². The Morgan fingerprint density at radius 2 is 1.70 bits per heavy atom. The molecule has 0 saturated carbocycles. The van der Waals surface area contributed by atoms with E-state index in [1.54, 1.807) is 24.3 Å². The van der Waals surface area contributed by atoms with E-state index < -0.39 is 10.1 Å². The standard InChI is InChI=1S/C18H24O4S/c1-14-4-8-18(9-5-14)23(19,20)22-11-10-21-13-17-7-6-15(2)16(3)12-17/h4-5,7-9H,6,10-13H2,1-3H3. The van der Waals surface area contributed by atoms with Crippen LogP contribution in [0.15, 0.2) is 52.0 Å². The van der Waals surface area contributed by atoms with Crippen molar-refractivity contribution in [3.63, 3.8) is 0 Å². The summed E-state index contributed by atoms with van der Waals surface area (Å²) in [6.45, 7) is 7.00. The third-order valence-corrected chi connectivity index (χ3v) is 5.31. The molecule has 2 rings (SSSR count). The molecule has 1 aliphatic carbocycles. The second-order valence-electron chi connectivity index (χ2n) is 5.95. The monoisotopic (exact) mass is 336 g/mol. The maximum Gasteiger partial charge on any atom is 0.297 e. The molecule has 0 aliphatic heterocycles. The van der Waals surface area contributed by atoms with Gasteiger partial charge in [-0.05, 0) is 51.3 Å². The maximum atomic E-state index is 12.0. The van der Waals surface area contributed by atoms with Crippen LogP contribution in [0.5, 0.6) is 0 Å². The van der Waals surface area contributed by atoms with Crippen molar-refractivity contribution in [1.82, 2.24) is 0 Å². The minimum absolute atomic E-state index is 0.0251. The van der Waals surface area contributed by atoms with Gasteiger partial charge in [0.1, 0.15) is 0 Å². The first-order valence-electron chi connectivity index (χ1n) is 7.75. The summed E-state index contributed by atoms with van der Waals surface area (Å²) >= 11 is 0. The molecule has 0 saturated heterocycles. The molecule has 4 nitrogen and oxygen atoms in total. The summed E-state index contributed by atoms with van der Waals surface area (Å²) in [5, 5.41) is 0. The van der Waals surface area contributed by atoms with Crippen molar-refractivity contribution in [3.8, 4) is 0 Å². The van der Waals surface area contributed by atoms with Crippen molar-refractivity contribution >= 4 is 10.1 Å². The minimum Gasteiger partial charge on any atom is -0.375 e. The molecule has 0 fully saturated rings. The lowest BCUT2D eigenvalue weighted by atomic mass is 9.94. The molecule has 0 atom stereocenters. The summed E-state index contributed by atoms with van der Waals surface area (Å²) in [6, 6.07) is 6.60. The lowest BCUT2D eigenvalue weighted by Crippen LogP contribution is -2.13. The Balaban J connectivity index is 1.72. The highest BCUT2D eigenvalue weighted by Gasteiger charge is 2.14. The predicted molar refractivity (Wildman–Crippen MR) is 90.8 cm³/mol. The SMILES string of the molecule is CC1=C(C)CC(COCCOS(=O)(=O)c2ccc(C)cc2)=CC1. The quantitative estimate of drug-likeness (QED) is 0.432. The number of hydrogen-bond donors (Lipinski definition) is 0. The molecule has 0 heterocycles. The van der Waals surface area contributed by atoms with Gasteiger partial charge >= 0.3 is 0 Å². The van der Waals surface area contributed by atoms with Gasteiger partial charge in [0, 0.05) is 0 Å². The smallest absolute Gasteiger partial charge is 0.297 e. The molecule has 5 heteroatoms. The molecule has 23 heavy (non-hydrogen) atoms. The van der Waals surface area contributed by atoms with Crippen LogP contribution in [-0.2, 0) is 19.0 Å². The summed E-state index contributed by atoms with van der Waals surface area (Å²) in [5.41, 5.74) is 5.06. The summed E-state index contributed by atoms with van der Waals surface area (Å²) in [7, 11) is -3.70. The van der Waals surface area contributed by atoms with Crippen LogP contribution in [0.1, 0.15) is 32.3 Å². The van der Waals surface area contributed by atoms with Gasteiger partial charge in [0.25, 0.3) is 10.1 Å². The van der Waals surface area contributed by atoms with Crippen LogP contribution in [-0.4, -0.2) is 28.2 Å². The summed E-state index contributed by atoms with van der Waals surface area (Å²) in [5.74, 6) is 0. The topological polar surface area (TPSA) is 52.6 Å². The van der Waals surface area contributed by atoms with Gasteiger partial charge in [0.15, 0.2) is 0 Å². The van der Waals surface area contributed by atoms with E-state index in [1.807, 2.05) is 6.92 Å². The second kappa shape index (κ2) is 7.90. The largest absolute Gasteiger partial charge is 0.375 e. The molecule has 0 unspecified atom stereocenters. The van der Waals surface area contributed by atoms with Crippen LogP contribution in [0.2, 0.25) is 0 Å². The zero-order valence-corrected chi connectivity index (χ0v) is 14.8. The van der Waals surface area contributed by atoms with Crippen molar-refractivity contribution in [2.75, 3.05) is 19.8 Å². The Bertz CT molecular complexity index is 697. The fourth-order valence-electron chi connectivity index (χ4n) is 2.32. The van der Waals surface area contributed by atoms with Gasteiger partial charge in [-0.2, -0.15) is 8.42 Å². The van der Waals surface area contributed by atoms with Crippen LogP contribution in [0.4, 0.5) is 0 Å². The van der Waals surface area contributed by atoms with E-state index in [0.717, 1.165) is 18.4 Å². The van der Waals surface area contributed by atoms with Crippen molar-refractivity contribution in [3.05, 3.63) is 52.6 Å². The van der Waals surface area contributed by atoms with Crippen molar-refractivity contribution in [2.24, 2.45) is 0 Å². The van der Waals surface area contributed by atoms with E-state index >= 15 is 0 Å². The van der Waals surface area contributed by atoms with Gasteiger partial charge in [-0.15, -0.1) is 0 Å². The molecule has 1 aliphatic rings. The molecule has 0 radical (unpaired) electrons. The van der Waals surface area contributed by atoms with Crippen molar-refractivity contribution < 1.29 is 17.3 Å². The average Bonchev–Trinajstić information content (AvgIpc) is 2.51. The number of aryl methyl sites for hydroxylation is 1. The normalized spacial score (nSPS) is 15.7. The minimum atomic E-state index is -3.70. The number of rotatable bonds is 7. The lowest BCUT2D eigenvalue weighted by molar-refractivity contribution is 0.117. The van der Waals surface area contributed by atoms with Crippen LogP contribution in [0.25, 0.3) is 0 Å². The van der Waals surface area contributed by atoms with Crippen molar-refractivity contribution in [2.45, 2.75) is 38.5 Å². The molecule has 0 amide bonds. The average molecular weight is 336 g/mol. The van der Waals surface area contributed by atoms with Crippen LogP contribution >= 0.6 is 0 Å². The van der Waals surface area contributed by atoms with E-state index in [9.17, 15) is 8.42 Å². The highest BCUT2D eigenvalue weighted by molar-refractivity contribution is 7.86. The zero-order chi connectivity index (χ0) is 16.9. The van der Waals surface area contributed by atoms with Gasteiger partial charge < -0.3 is 4.74 Å². The predicted octanol–water partition coefficient (Wildman–Crippen LogP) is 3.77. The highest BCUT2D eigenvalue weighted by atomic mass is 32.2. The van der Waals surface area contributed by atoms with Crippen molar-refractivity contribution in [1.29, 1.82) is 0 Å². The molecule has 0 N–H and O–H groups in total. The first-order valence-corrected chi connectivity index (χ1v) is 9.16. The van der Waals surface area contributed by atoms with E-state index in [-0.39, 0.29) is 18.1 Å². The first kappa shape index (κ1) is 17.9. The van der Waals surface area contributed by atoms with E-state index in [2.05, 4.69) is 19.9 Å². The van der Waals surface area contributed by atoms with Crippen LogP contribution in [0.3, 0.4) is 0 Å². The number of ether oxygens (including phenoxy) is 1. The lowest BCUT2D eigenvalue weighted by Gasteiger charge is -2.16. The van der Waals surface area contributed by atoms with E-state index in [0.29, 0.717) is 6.61 Å². The Hall–Kier alpha value is -1.43. The molecule has 1 aromatic rings. The second-order valence-corrected chi connectivity index (χ2v) is 7.56. The molecule has 126 valence electrons. The molecule has 1 aromatic carbocycles. The fraction of sp³-hybridized carbons (Fsp3) is 0.444. The van der Waals surface area contributed by atoms with Gasteiger partial charge in [0.2, 0.25) is 0 Å². The summed E-state index contributed by atoms with van der Waals surface area (Å²) in [4.78, 5) is 0.175. The third-order valence-electron chi connectivity index (χ3n) is 3.98. The molecule has 0 spiro atoms. The first-order chi connectivity index (χ1) is 10.9. The Labute approximate surface area is 138 Å². The van der Waals surface area contributed by atoms with Crippen LogP contribution < -0.4 is 0 Å². The molecule has 0 bridgehead atoms. The Morgan fingerprint density at radius 1 is 1.00 bits per heavy atom. The highest BCUT2D eigenvalue weighted by Crippen LogP contribution is 2.23. The van der Waals surface area contributed by atoms with Gasteiger partial charge in [-0.25, -0.2) is 0 Å². The summed E-state index contributed by atoms with van der Waals surface area (Å²) < 4.78 is 34.5. The number of allylic oxidation sites excluding steroid dienone is 3. The zero-order valence-electron chi connectivity index (χ0n) is 14.0. The van der Waals surface area contributed by atoms with Gasteiger partial charge in [0.05, 0.1) is 24.7 Å². The third kappa shape index (κ3) is 5.30. The Kier molecular flexibility index (Phi) is 6.16. The molecular weight excluding hydrogens is 312 g/mol. The Morgan fingerprint density at radius 3 is 2.35 bits per heavy atom. The van der Waals surface area contributed by atoms with Gasteiger partial charge in [-0.3, -0.25) is 4.18 Å². The number of benzene rings is 1. The molecule has 0 aromatic heterocycles. The summed E-state index contributed by atoms with van der Waals surface area (Å²) in [6.07, 6.45) is 4.10.